The second-order valence-electron chi connectivity index (χ2n) is 8.75. The molecule has 7 nitrogen and oxygen atoms in total. The van der Waals surface area contributed by atoms with Crippen molar-refractivity contribution in [2.45, 2.75) is 37.5 Å². The summed E-state index contributed by atoms with van der Waals surface area (Å²) >= 11 is 7.23. The van der Waals surface area contributed by atoms with Gasteiger partial charge in [-0.05, 0) is 48.2 Å². The average molecular weight is 549 g/mol. The Hall–Kier alpha value is -3.62. The van der Waals surface area contributed by atoms with E-state index in [9.17, 15) is 14.4 Å². The summed E-state index contributed by atoms with van der Waals surface area (Å²) in [6.45, 7) is 1.24. The average Bonchev–Trinajstić information content (AvgIpc) is 2.93. The fraction of sp³-hybridized carbons (Fsp3) is 0.241. The maximum atomic E-state index is 13.2. The van der Waals surface area contributed by atoms with Gasteiger partial charge < -0.3 is 10.6 Å². The molecule has 0 saturated carbocycles. The van der Waals surface area contributed by atoms with E-state index in [0.717, 1.165) is 17.5 Å². The highest BCUT2D eigenvalue weighted by Crippen LogP contribution is 2.18. The molecule has 3 aromatic carbocycles. The van der Waals surface area contributed by atoms with Gasteiger partial charge in [-0.1, -0.05) is 78.0 Å². The lowest BCUT2D eigenvalue weighted by Crippen LogP contribution is -2.29. The molecule has 0 aliphatic carbocycles. The number of rotatable bonds is 12. The van der Waals surface area contributed by atoms with Crippen molar-refractivity contribution >= 4 is 46.1 Å². The molecule has 0 unspecified atom stereocenters. The second kappa shape index (κ2) is 13.8. The van der Waals surface area contributed by atoms with Gasteiger partial charge >= 0.3 is 0 Å². The highest BCUT2D eigenvalue weighted by atomic mass is 35.5. The number of para-hydroxylation sites is 1. The Labute approximate surface area is 230 Å². The van der Waals surface area contributed by atoms with Crippen molar-refractivity contribution in [2.24, 2.45) is 0 Å². The quantitative estimate of drug-likeness (QED) is 0.199. The summed E-state index contributed by atoms with van der Waals surface area (Å²) in [4.78, 5) is 42.7. The van der Waals surface area contributed by atoms with Crippen molar-refractivity contribution in [2.75, 3.05) is 12.3 Å². The van der Waals surface area contributed by atoms with Gasteiger partial charge in [0.2, 0.25) is 11.8 Å². The molecule has 0 fully saturated rings. The van der Waals surface area contributed by atoms with Crippen LogP contribution < -0.4 is 16.2 Å². The van der Waals surface area contributed by atoms with Crippen molar-refractivity contribution in [1.29, 1.82) is 0 Å². The molecule has 2 amide bonds. The monoisotopic (exact) mass is 548 g/mol. The highest BCUT2D eigenvalue weighted by Gasteiger charge is 2.14. The topological polar surface area (TPSA) is 93.1 Å². The third-order valence-electron chi connectivity index (χ3n) is 5.90. The molecule has 1 heterocycles. The van der Waals surface area contributed by atoms with E-state index in [0.29, 0.717) is 47.1 Å². The number of nitrogens with one attached hydrogen (secondary N) is 2. The number of carbonyl (C=O) groups is 2. The number of aromatic nitrogens is 2. The number of carbonyl (C=O) groups excluding carboxylic acids is 2. The highest BCUT2D eigenvalue weighted by molar-refractivity contribution is 7.99. The van der Waals surface area contributed by atoms with Crippen molar-refractivity contribution in [3.05, 3.63) is 105 Å². The molecule has 0 aliphatic heterocycles. The maximum Gasteiger partial charge on any atom is 0.262 e. The van der Waals surface area contributed by atoms with E-state index in [-0.39, 0.29) is 29.5 Å². The van der Waals surface area contributed by atoms with Gasteiger partial charge in [0.15, 0.2) is 5.16 Å². The van der Waals surface area contributed by atoms with Crippen LogP contribution in [0.1, 0.15) is 24.0 Å². The first-order chi connectivity index (χ1) is 18.5. The molecule has 0 saturated heterocycles. The predicted molar refractivity (Wildman–Crippen MR) is 152 cm³/mol. The molecule has 38 heavy (non-hydrogen) atoms. The van der Waals surface area contributed by atoms with E-state index in [1.54, 1.807) is 28.8 Å². The van der Waals surface area contributed by atoms with Gasteiger partial charge in [0, 0.05) is 31.1 Å². The summed E-state index contributed by atoms with van der Waals surface area (Å²) in [5.41, 5.74) is 2.48. The van der Waals surface area contributed by atoms with E-state index in [1.165, 1.54) is 11.8 Å². The van der Waals surface area contributed by atoms with Crippen LogP contribution in [0.3, 0.4) is 0 Å². The van der Waals surface area contributed by atoms with E-state index in [4.69, 9.17) is 11.6 Å². The third-order valence-corrected chi connectivity index (χ3v) is 7.11. The van der Waals surface area contributed by atoms with Crippen LogP contribution in [0.5, 0.6) is 0 Å². The first kappa shape index (κ1) is 27.4. The van der Waals surface area contributed by atoms with Crippen LogP contribution in [-0.2, 0) is 29.1 Å². The number of fused-ring (bicyclic) bond motifs is 1. The molecule has 4 aromatic rings. The minimum absolute atomic E-state index is 0.112. The Bertz CT molecular complexity index is 1460. The number of thioether (sulfide) groups is 1. The maximum absolute atomic E-state index is 13.2. The molecule has 2 N–H and O–H groups in total. The van der Waals surface area contributed by atoms with Crippen molar-refractivity contribution in [1.82, 2.24) is 20.2 Å². The second-order valence-corrected chi connectivity index (χ2v) is 10.1. The molecule has 0 spiro atoms. The van der Waals surface area contributed by atoms with E-state index in [2.05, 4.69) is 15.6 Å². The van der Waals surface area contributed by atoms with Crippen molar-refractivity contribution in [3.8, 4) is 0 Å². The van der Waals surface area contributed by atoms with Crippen LogP contribution in [0.4, 0.5) is 0 Å². The van der Waals surface area contributed by atoms with E-state index >= 15 is 0 Å². The molecule has 1 aromatic heterocycles. The lowest BCUT2D eigenvalue weighted by atomic mass is 10.1. The van der Waals surface area contributed by atoms with Gasteiger partial charge in [-0.3, -0.25) is 19.0 Å². The Morgan fingerprint density at radius 2 is 1.66 bits per heavy atom. The van der Waals surface area contributed by atoms with Crippen LogP contribution in [-0.4, -0.2) is 33.7 Å². The standard InChI is InChI=1S/C29H29ClN4O3S/c30-23-11-6-10-22(18-23)19-32-26(35)14-7-17-34-28(37)24-12-4-5-13-25(24)33-29(34)38-20-27(36)31-16-15-21-8-2-1-3-9-21/h1-6,8-13,18H,7,14-17,19-20H2,(H,31,36)(H,32,35). The fourth-order valence-electron chi connectivity index (χ4n) is 3.96. The summed E-state index contributed by atoms with van der Waals surface area (Å²) < 4.78 is 1.56. The lowest BCUT2D eigenvalue weighted by Gasteiger charge is -2.13. The summed E-state index contributed by atoms with van der Waals surface area (Å²) in [5.74, 6) is -0.0984. The van der Waals surface area contributed by atoms with Crippen LogP contribution in [0.2, 0.25) is 5.02 Å². The summed E-state index contributed by atoms with van der Waals surface area (Å²) in [7, 11) is 0. The zero-order chi connectivity index (χ0) is 26.7. The molecule has 196 valence electrons. The predicted octanol–water partition coefficient (Wildman–Crippen LogP) is 4.60. The largest absolute Gasteiger partial charge is 0.355 e. The number of halogens is 1. The number of nitrogens with zero attached hydrogens (tertiary/aromatic N) is 2. The molecular formula is C29H29ClN4O3S. The van der Waals surface area contributed by atoms with Crippen LogP contribution >= 0.6 is 23.4 Å². The van der Waals surface area contributed by atoms with Crippen LogP contribution in [0.25, 0.3) is 10.9 Å². The number of hydrogen-bond donors (Lipinski definition) is 2. The Morgan fingerprint density at radius 3 is 2.47 bits per heavy atom. The summed E-state index contributed by atoms with van der Waals surface area (Å²) in [5, 5.41) is 7.40. The molecular weight excluding hydrogens is 520 g/mol. The normalized spacial score (nSPS) is 10.9. The third kappa shape index (κ3) is 7.94. The minimum Gasteiger partial charge on any atom is -0.355 e. The van der Waals surface area contributed by atoms with Gasteiger partial charge in [-0.2, -0.15) is 0 Å². The van der Waals surface area contributed by atoms with Crippen molar-refractivity contribution < 1.29 is 9.59 Å². The molecule has 0 atom stereocenters. The van der Waals surface area contributed by atoms with E-state index in [1.807, 2.05) is 54.6 Å². The van der Waals surface area contributed by atoms with Gasteiger partial charge in [0.1, 0.15) is 0 Å². The van der Waals surface area contributed by atoms with Crippen molar-refractivity contribution in [3.63, 3.8) is 0 Å². The fourth-order valence-corrected chi connectivity index (χ4v) is 5.03. The Morgan fingerprint density at radius 1 is 0.895 bits per heavy atom. The number of hydrogen-bond acceptors (Lipinski definition) is 5. The number of benzene rings is 3. The van der Waals surface area contributed by atoms with Gasteiger partial charge in [-0.25, -0.2) is 4.98 Å². The SMILES string of the molecule is O=C(CCCn1c(SCC(=O)NCCc2ccccc2)nc2ccccc2c1=O)NCc1cccc(Cl)c1. The van der Waals surface area contributed by atoms with Gasteiger partial charge in [-0.15, -0.1) is 0 Å². The lowest BCUT2D eigenvalue weighted by molar-refractivity contribution is -0.121. The van der Waals surface area contributed by atoms with Crippen LogP contribution in [0, 0.1) is 0 Å². The Kier molecular flexibility index (Phi) is 9.95. The molecule has 9 heteroatoms. The Balaban J connectivity index is 1.34. The molecule has 4 rings (SSSR count). The zero-order valence-corrected chi connectivity index (χ0v) is 22.4. The first-order valence-electron chi connectivity index (χ1n) is 12.4. The zero-order valence-electron chi connectivity index (χ0n) is 20.9. The summed E-state index contributed by atoms with van der Waals surface area (Å²) in [6.07, 6.45) is 1.46. The number of amides is 2. The summed E-state index contributed by atoms with van der Waals surface area (Å²) in [6, 6.07) is 24.4. The smallest absolute Gasteiger partial charge is 0.262 e. The molecule has 0 aliphatic rings. The van der Waals surface area contributed by atoms with Crippen LogP contribution in [0.15, 0.2) is 88.8 Å². The molecule has 0 radical (unpaired) electrons. The van der Waals surface area contributed by atoms with E-state index < -0.39 is 0 Å². The van der Waals surface area contributed by atoms with Gasteiger partial charge in [0.25, 0.3) is 5.56 Å². The van der Waals surface area contributed by atoms with Gasteiger partial charge in [0.05, 0.1) is 16.7 Å². The first-order valence-corrected chi connectivity index (χ1v) is 13.8. The minimum atomic E-state index is -0.179. The molecule has 0 bridgehead atoms.